The summed E-state index contributed by atoms with van der Waals surface area (Å²) in [7, 11) is 3.12. The van der Waals surface area contributed by atoms with E-state index < -0.39 is 17.9 Å². The Hall–Kier alpha value is -4.56. The zero-order valence-electron chi connectivity index (χ0n) is 20.8. The number of carbonyl (C=O) groups is 1. The molecule has 0 bridgehead atoms. The van der Waals surface area contributed by atoms with Crippen molar-refractivity contribution < 1.29 is 33.2 Å². The predicted octanol–water partition coefficient (Wildman–Crippen LogP) is 5.30. The van der Waals surface area contributed by atoms with Crippen molar-refractivity contribution >= 4 is 5.97 Å². The molecule has 3 aromatic carbocycles. The van der Waals surface area contributed by atoms with Gasteiger partial charge in [-0.3, -0.25) is 4.79 Å². The fraction of sp³-hybridized carbons (Fsp3) is 0.321. The van der Waals surface area contributed by atoms with Crippen LogP contribution in [0.2, 0.25) is 0 Å². The highest BCUT2D eigenvalue weighted by molar-refractivity contribution is 5.79. The van der Waals surface area contributed by atoms with E-state index in [0.29, 0.717) is 35.4 Å². The van der Waals surface area contributed by atoms with Crippen molar-refractivity contribution in [2.45, 2.75) is 18.6 Å². The largest absolute Gasteiger partial charge is 0.493 e. The molecule has 0 radical (unpaired) electrons. The Labute approximate surface area is 218 Å². The summed E-state index contributed by atoms with van der Waals surface area (Å²) >= 11 is 0. The standard InChI is InChI=1S/C28H25N3O7/c1-33-22-8-16(9-23(34-2)27(22)35-12-15-6-4-3-5-7-15)24-17-10-20-21(38-14-37-20)11-18(17)26(30-31-29)19-13-36-28(32)25(19)24/h3-11,19,24-26H,12-14H2,1-2H3/t19-,24+,25-,26+/m0/s1. The molecule has 0 saturated carbocycles. The second-order valence-electron chi connectivity index (χ2n) is 9.31. The first-order valence-electron chi connectivity index (χ1n) is 12.2. The van der Waals surface area contributed by atoms with Crippen LogP contribution in [0.5, 0.6) is 28.7 Å². The summed E-state index contributed by atoms with van der Waals surface area (Å²) < 4.78 is 34.4. The second kappa shape index (κ2) is 9.72. The van der Waals surface area contributed by atoms with Crippen molar-refractivity contribution in [2.75, 3.05) is 27.6 Å². The lowest BCUT2D eigenvalue weighted by Crippen LogP contribution is -2.34. The first kappa shape index (κ1) is 23.8. The SMILES string of the molecule is COc1cc([C@@H]2c3cc4c(cc3[C@@H](N=[N+]=[N-])[C@H]3COC(=O)[C@H]23)OCO4)cc(OC)c1OCc1ccccc1. The predicted molar refractivity (Wildman–Crippen MR) is 135 cm³/mol. The van der Waals surface area contributed by atoms with Gasteiger partial charge >= 0.3 is 5.97 Å². The lowest BCUT2D eigenvalue weighted by Gasteiger charge is -2.37. The Morgan fingerprint density at radius 3 is 2.32 bits per heavy atom. The van der Waals surface area contributed by atoms with Crippen molar-refractivity contribution in [1.29, 1.82) is 0 Å². The van der Waals surface area contributed by atoms with Gasteiger partial charge < -0.3 is 28.4 Å². The lowest BCUT2D eigenvalue weighted by atomic mass is 9.65. The van der Waals surface area contributed by atoms with Gasteiger partial charge in [-0.05, 0) is 52.1 Å². The third kappa shape index (κ3) is 3.90. The molecule has 0 unspecified atom stereocenters. The van der Waals surface area contributed by atoms with Gasteiger partial charge in [0, 0.05) is 16.7 Å². The molecule has 0 N–H and O–H groups in total. The maximum atomic E-state index is 13.1. The number of carbonyl (C=O) groups excluding carboxylic acids is 1. The van der Waals surface area contributed by atoms with Gasteiger partial charge in [0.2, 0.25) is 12.5 Å². The Morgan fingerprint density at radius 2 is 1.66 bits per heavy atom. The Kier molecular flexibility index (Phi) is 6.09. The van der Waals surface area contributed by atoms with E-state index in [2.05, 4.69) is 10.0 Å². The zero-order chi connectivity index (χ0) is 26.2. The number of methoxy groups -OCH3 is 2. The molecule has 3 aromatic rings. The van der Waals surface area contributed by atoms with Crippen LogP contribution in [0.4, 0.5) is 0 Å². The van der Waals surface area contributed by atoms with E-state index in [-0.39, 0.29) is 25.3 Å². The molecule has 38 heavy (non-hydrogen) atoms. The molecular formula is C28H25N3O7. The third-order valence-electron chi connectivity index (χ3n) is 7.39. The van der Waals surface area contributed by atoms with E-state index in [1.165, 1.54) is 0 Å². The Bertz CT molecular complexity index is 1410. The summed E-state index contributed by atoms with van der Waals surface area (Å²) in [5.74, 6) is 0.840. The molecule has 1 saturated heterocycles. The number of hydrogen-bond acceptors (Lipinski definition) is 8. The third-order valence-corrected chi connectivity index (χ3v) is 7.39. The summed E-state index contributed by atoms with van der Waals surface area (Å²) in [6.07, 6.45) is 0. The van der Waals surface area contributed by atoms with Crippen LogP contribution >= 0.6 is 0 Å². The molecule has 0 aromatic heterocycles. The Balaban J connectivity index is 1.48. The van der Waals surface area contributed by atoms with Crippen molar-refractivity contribution in [3.63, 3.8) is 0 Å². The molecule has 2 aliphatic heterocycles. The van der Waals surface area contributed by atoms with Crippen LogP contribution in [-0.2, 0) is 16.1 Å². The summed E-state index contributed by atoms with van der Waals surface area (Å²) in [6.45, 7) is 0.580. The highest BCUT2D eigenvalue weighted by Crippen LogP contribution is 2.56. The molecule has 0 amide bonds. The van der Waals surface area contributed by atoms with Crippen LogP contribution in [0, 0.1) is 11.8 Å². The van der Waals surface area contributed by atoms with Crippen molar-refractivity contribution in [3.05, 3.63) is 87.3 Å². The van der Waals surface area contributed by atoms with Crippen molar-refractivity contribution in [1.82, 2.24) is 0 Å². The minimum absolute atomic E-state index is 0.0963. The summed E-state index contributed by atoms with van der Waals surface area (Å²) in [6, 6.07) is 16.6. The number of azide groups is 1. The first-order chi connectivity index (χ1) is 18.6. The minimum Gasteiger partial charge on any atom is -0.493 e. The number of fused-ring (bicyclic) bond motifs is 3. The van der Waals surface area contributed by atoms with E-state index in [0.717, 1.165) is 22.3 Å². The van der Waals surface area contributed by atoms with Crippen LogP contribution in [0.1, 0.15) is 34.2 Å². The van der Waals surface area contributed by atoms with Gasteiger partial charge in [-0.15, -0.1) is 0 Å². The fourth-order valence-electron chi connectivity index (χ4n) is 5.69. The molecule has 1 aliphatic carbocycles. The molecule has 2 heterocycles. The van der Waals surface area contributed by atoms with E-state index in [4.69, 9.17) is 28.4 Å². The number of ether oxygens (including phenoxy) is 6. The van der Waals surface area contributed by atoms with Crippen LogP contribution in [0.25, 0.3) is 10.4 Å². The minimum atomic E-state index is -0.588. The molecule has 10 nitrogen and oxygen atoms in total. The number of esters is 1. The summed E-state index contributed by atoms with van der Waals surface area (Å²) in [4.78, 5) is 16.2. The van der Waals surface area contributed by atoms with Gasteiger partial charge in [-0.25, -0.2) is 0 Å². The van der Waals surface area contributed by atoms with Gasteiger partial charge in [0.05, 0.1) is 32.8 Å². The monoisotopic (exact) mass is 515 g/mol. The zero-order valence-corrected chi connectivity index (χ0v) is 20.8. The van der Waals surface area contributed by atoms with E-state index >= 15 is 0 Å². The second-order valence-corrected chi connectivity index (χ2v) is 9.31. The van der Waals surface area contributed by atoms with Gasteiger partial charge in [0.1, 0.15) is 6.61 Å². The molecule has 3 aliphatic rings. The Morgan fingerprint density at radius 1 is 0.974 bits per heavy atom. The summed E-state index contributed by atoms with van der Waals surface area (Å²) in [5, 5.41) is 4.07. The van der Waals surface area contributed by atoms with Gasteiger partial charge in [0.15, 0.2) is 23.0 Å². The van der Waals surface area contributed by atoms with Gasteiger partial charge in [-0.2, -0.15) is 0 Å². The fourth-order valence-corrected chi connectivity index (χ4v) is 5.69. The molecule has 6 rings (SSSR count). The van der Waals surface area contributed by atoms with Crippen molar-refractivity contribution in [2.24, 2.45) is 17.0 Å². The van der Waals surface area contributed by atoms with Gasteiger partial charge in [-0.1, -0.05) is 35.4 Å². The van der Waals surface area contributed by atoms with E-state index in [1.54, 1.807) is 14.2 Å². The highest BCUT2D eigenvalue weighted by Gasteiger charge is 2.52. The van der Waals surface area contributed by atoms with Crippen LogP contribution < -0.4 is 23.7 Å². The molecule has 194 valence electrons. The van der Waals surface area contributed by atoms with Crippen LogP contribution in [0.3, 0.4) is 0 Å². The van der Waals surface area contributed by atoms with E-state index in [9.17, 15) is 10.3 Å². The number of rotatable bonds is 7. The molecule has 0 spiro atoms. The molecular weight excluding hydrogens is 490 g/mol. The molecule has 10 heteroatoms. The normalized spacial score (nSPS) is 22.5. The maximum absolute atomic E-state index is 13.1. The maximum Gasteiger partial charge on any atom is 0.310 e. The number of cyclic esters (lactones) is 1. The molecule has 4 atom stereocenters. The number of benzene rings is 3. The number of nitrogens with zero attached hydrogens (tertiary/aromatic N) is 3. The molecule has 1 fully saturated rings. The topological polar surface area (TPSA) is 121 Å². The number of hydrogen-bond donors (Lipinski definition) is 0. The lowest BCUT2D eigenvalue weighted by molar-refractivity contribution is -0.141. The van der Waals surface area contributed by atoms with Crippen molar-refractivity contribution in [3.8, 4) is 28.7 Å². The average molecular weight is 516 g/mol. The highest BCUT2D eigenvalue weighted by atomic mass is 16.7. The summed E-state index contributed by atoms with van der Waals surface area (Å²) in [5.41, 5.74) is 12.7. The van der Waals surface area contributed by atoms with Gasteiger partial charge in [0.25, 0.3) is 0 Å². The van der Waals surface area contributed by atoms with Crippen LogP contribution in [-0.4, -0.2) is 33.6 Å². The van der Waals surface area contributed by atoms with E-state index in [1.807, 2.05) is 54.6 Å². The average Bonchev–Trinajstić information content (AvgIpc) is 3.57. The first-order valence-corrected chi connectivity index (χ1v) is 12.2. The smallest absolute Gasteiger partial charge is 0.310 e. The van der Waals surface area contributed by atoms with Crippen LogP contribution in [0.15, 0.2) is 59.7 Å². The quantitative estimate of drug-likeness (QED) is 0.181.